The van der Waals surface area contributed by atoms with Crippen molar-refractivity contribution in [3.63, 3.8) is 0 Å². The second-order valence-corrected chi connectivity index (χ2v) is 10.2. The third-order valence-corrected chi connectivity index (χ3v) is 8.16. The van der Waals surface area contributed by atoms with Crippen LogP contribution in [0.4, 0.5) is 5.69 Å². The zero-order chi connectivity index (χ0) is 20.6. The van der Waals surface area contributed by atoms with E-state index in [9.17, 15) is 13.2 Å². The Morgan fingerprint density at radius 3 is 2.34 bits per heavy atom. The minimum Gasteiger partial charge on any atom is -0.325 e. The van der Waals surface area contributed by atoms with Crippen LogP contribution in [0.25, 0.3) is 0 Å². The molecule has 0 aromatic heterocycles. The summed E-state index contributed by atoms with van der Waals surface area (Å²) < 4.78 is 27.7. The first-order valence-corrected chi connectivity index (χ1v) is 11.8. The standard InChI is InChI=1S/C23H28N2O3S/c1-16-5-3-6-17(2)22(16)24-23(26)19-11-13-25(14-12-19)29(27,28)21-10-9-18-7-4-8-20(18)15-21/h3,5-6,9-10,15,19H,4,7-8,11-14H2,1-2H3,(H,24,26). The molecule has 1 N–H and O–H groups in total. The molecule has 1 heterocycles. The fourth-order valence-electron chi connectivity index (χ4n) is 4.45. The smallest absolute Gasteiger partial charge is 0.243 e. The third-order valence-electron chi connectivity index (χ3n) is 6.26. The number of hydrogen-bond acceptors (Lipinski definition) is 3. The normalized spacial score (nSPS) is 17.9. The molecule has 6 heteroatoms. The summed E-state index contributed by atoms with van der Waals surface area (Å²) in [5.74, 6) is -0.183. The lowest BCUT2D eigenvalue weighted by Gasteiger charge is -2.31. The van der Waals surface area contributed by atoms with E-state index in [2.05, 4.69) is 5.32 Å². The van der Waals surface area contributed by atoms with Gasteiger partial charge in [-0.25, -0.2) is 8.42 Å². The van der Waals surface area contributed by atoms with Crippen molar-refractivity contribution in [3.8, 4) is 0 Å². The van der Waals surface area contributed by atoms with Gasteiger partial charge in [-0.05, 0) is 80.3 Å². The summed E-state index contributed by atoms with van der Waals surface area (Å²) in [4.78, 5) is 13.1. The van der Waals surface area contributed by atoms with Crippen LogP contribution in [0.5, 0.6) is 0 Å². The fraction of sp³-hybridized carbons (Fsp3) is 0.435. The topological polar surface area (TPSA) is 66.5 Å². The van der Waals surface area contributed by atoms with Gasteiger partial charge in [0.2, 0.25) is 15.9 Å². The van der Waals surface area contributed by atoms with E-state index in [0.717, 1.165) is 41.6 Å². The Balaban J connectivity index is 1.42. The van der Waals surface area contributed by atoms with Gasteiger partial charge in [0.25, 0.3) is 0 Å². The van der Waals surface area contributed by atoms with Crippen LogP contribution >= 0.6 is 0 Å². The summed E-state index contributed by atoms with van der Waals surface area (Å²) in [5.41, 5.74) is 5.37. The first kappa shape index (κ1) is 20.1. The van der Waals surface area contributed by atoms with Crippen LogP contribution < -0.4 is 5.32 Å². The van der Waals surface area contributed by atoms with Gasteiger partial charge >= 0.3 is 0 Å². The van der Waals surface area contributed by atoms with E-state index < -0.39 is 10.0 Å². The number of carbonyl (C=O) groups excluding carboxylic acids is 1. The summed E-state index contributed by atoms with van der Waals surface area (Å²) >= 11 is 0. The molecule has 2 aromatic rings. The minimum absolute atomic E-state index is 0.0167. The number of piperidine rings is 1. The van der Waals surface area contributed by atoms with Crippen molar-refractivity contribution in [2.24, 2.45) is 5.92 Å². The maximum atomic E-state index is 13.1. The Kier molecular flexibility index (Phi) is 5.49. The van der Waals surface area contributed by atoms with Gasteiger partial charge in [0, 0.05) is 24.7 Å². The highest BCUT2D eigenvalue weighted by molar-refractivity contribution is 7.89. The SMILES string of the molecule is Cc1cccc(C)c1NC(=O)C1CCN(S(=O)(=O)c2ccc3c(c2)CCC3)CC1. The number of fused-ring (bicyclic) bond motifs is 1. The van der Waals surface area contributed by atoms with Crippen LogP contribution in [0, 0.1) is 19.8 Å². The van der Waals surface area contributed by atoms with E-state index in [0.29, 0.717) is 30.8 Å². The summed E-state index contributed by atoms with van der Waals surface area (Å²) in [7, 11) is -3.50. The molecule has 1 amide bonds. The number of nitrogens with one attached hydrogen (secondary N) is 1. The van der Waals surface area contributed by atoms with Crippen molar-refractivity contribution in [1.29, 1.82) is 0 Å². The number of rotatable bonds is 4. The quantitative estimate of drug-likeness (QED) is 0.830. The van der Waals surface area contributed by atoms with E-state index in [-0.39, 0.29) is 11.8 Å². The zero-order valence-corrected chi connectivity index (χ0v) is 17.9. The molecule has 0 radical (unpaired) electrons. The predicted molar refractivity (Wildman–Crippen MR) is 114 cm³/mol. The minimum atomic E-state index is -3.50. The maximum Gasteiger partial charge on any atom is 0.243 e. The van der Waals surface area contributed by atoms with Gasteiger partial charge in [-0.2, -0.15) is 4.31 Å². The van der Waals surface area contributed by atoms with E-state index in [1.165, 1.54) is 9.87 Å². The van der Waals surface area contributed by atoms with Crippen LogP contribution in [0.3, 0.4) is 0 Å². The Labute approximate surface area is 173 Å². The Bertz CT molecular complexity index is 1020. The molecule has 1 aliphatic heterocycles. The lowest BCUT2D eigenvalue weighted by Crippen LogP contribution is -2.41. The van der Waals surface area contributed by atoms with Crippen LogP contribution in [0.2, 0.25) is 0 Å². The molecule has 0 saturated carbocycles. The third kappa shape index (κ3) is 3.96. The van der Waals surface area contributed by atoms with E-state index >= 15 is 0 Å². The van der Waals surface area contributed by atoms with Gasteiger partial charge in [-0.1, -0.05) is 24.3 Å². The van der Waals surface area contributed by atoms with Gasteiger partial charge in [0.05, 0.1) is 4.90 Å². The van der Waals surface area contributed by atoms with Crippen molar-refractivity contribution in [2.45, 2.75) is 50.8 Å². The first-order valence-electron chi connectivity index (χ1n) is 10.4. The molecule has 1 saturated heterocycles. The number of benzene rings is 2. The van der Waals surface area contributed by atoms with E-state index in [4.69, 9.17) is 0 Å². The summed E-state index contributed by atoms with van der Waals surface area (Å²) in [6, 6.07) is 11.5. The van der Waals surface area contributed by atoms with Crippen molar-refractivity contribution < 1.29 is 13.2 Å². The van der Waals surface area contributed by atoms with Gasteiger partial charge < -0.3 is 5.32 Å². The van der Waals surface area contributed by atoms with Gasteiger partial charge in [0.1, 0.15) is 0 Å². The molecule has 1 aliphatic carbocycles. The van der Waals surface area contributed by atoms with Crippen LogP contribution in [0.15, 0.2) is 41.3 Å². The molecule has 2 aromatic carbocycles. The molecule has 0 spiro atoms. The molecular weight excluding hydrogens is 384 g/mol. The second kappa shape index (κ2) is 7.92. The molecule has 1 fully saturated rings. The molecule has 154 valence electrons. The summed E-state index contributed by atoms with van der Waals surface area (Å²) in [5, 5.41) is 3.05. The highest BCUT2D eigenvalue weighted by atomic mass is 32.2. The van der Waals surface area contributed by atoms with Crippen LogP contribution in [-0.2, 0) is 27.7 Å². The molecule has 4 rings (SSSR count). The van der Waals surface area contributed by atoms with Crippen molar-refractivity contribution >= 4 is 21.6 Å². The fourth-order valence-corrected chi connectivity index (χ4v) is 5.97. The average molecular weight is 413 g/mol. The molecular formula is C23H28N2O3S. The average Bonchev–Trinajstić information content (AvgIpc) is 3.19. The summed E-state index contributed by atoms with van der Waals surface area (Å²) in [6.07, 6.45) is 4.18. The Morgan fingerprint density at radius 2 is 1.66 bits per heavy atom. The first-order chi connectivity index (χ1) is 13.9. The van der Waals surface area contributed by atoms with Gasteiger partial charge in [-0.15, -0.1) is 0 Å². The number of hydrogen-bond donors (Lipinski definition) is 1. The lowest BCUT2D eigenvalue weighted by atomic mass is 9.96. The monoisotopic (exact) mass is 412 g/mol. The van der Waals surface area contributed by atoms with Crippen molar-refractivity contribution in [3.05, 3.63) is 58.7 Å². The molecule has 2 aliphatic rings. The van der Waals surface area contributed by atoms with Gasteiger partial charge in [0.15, 0.2) is 0 Å². The highest BCUT2D eigenvalue weighted by Gasteiger charge is 2.32. The number of amides is 1. The molecule has 29 heavy (non-hydrogen) atoms. The molecule has 0 bridgehead atoms. The van der Waals surface area contributed by atoms with Crippen molar-refractivity contribution in [1.82, 2.24) is 4.31 Å². The second-order valence-electron chi connectivity index (χ2n) is 8.22. The number of nitrogens with zero attached hydrogens (tertiary/aromatic N) is 1. The zero-order valence-electron chi connectivity index (χ0n) is 17.1. The van der Waals surface area contributed by atoms with Crippen LogP contribution in [-0.4, -0.2) is 31.7 Å². The van der Waals surface area contributed by atoms with E-state index in [1.807, 2.05) is 44.2 Å². The van der Waals surface area contributed by atoms with Crippen molar-refractivity contribution in [2.75, 3.05) is 18.4 Å². The number of anilines is 1. The summed E-state index contributed by atoms with van der Waals surface area (Å²) in [6.45, 7) is 4.72. The molecule has 0 atom stereocenters. The van der Waals surface area contributed by atoms with E-state index in [1.54, 1.807) is 6.07 Å². The molecule has 0 unspecified atom stereocenters. The highest BCUT2D eigenvalue weighted by Crippen LogP contribution is 2.29. The van der Waals surface area contributed by atoms with Gasteiger partial charge in [-0.3, -0.25) is 4.79 Å². The largest absolute Gasteiger partial charge is 0.325 e. The number of carbonyl (C=O) groups is 1. The lowest BCUT2D eigenvalue weighted by molar-refractivity contribution is -0.120. The maximum absolute atomic E-state index is 13.1. The Morgan fingerprint density at radius 1 is 1.00 bits per heavy atom. The number of sulfonamides is 1. The number of aryl methyl sites for hydroxylation is 4. The van der Waals surface area contributed by atoms with Crippen LogP contribution in [0.1, 0.15) is 41.5 Å². The number of para-hydroxylation sites is 1. The predicted octanol–water partition coefficient (Wildman–Crippen LogP) is 3.83. The molecule has 5 nitrogen and oxygen atoms in total. The Hall–Kier alpha value is -2.18.